The SMILES string of the molecule is CC(C)(C)OC(=O)NCC(=O)Nc1ccc(CNC(=O)c2c(F)cccc2Cl)cc1. The first-order chi connectivity index (χ1) is 14.0. The molecule has 0 aliphatic heterocycles. The maximum Gasteiger partial charge on any atom is 0.408 e. The van der Waals surface area contributed by atoms with Crippen molar-refractivity contribution in [3.8, 4) is 0 Å². The van der Waals surface area contributed by atoms with Crippen LogP contribution in [0.3, 0.4) is 0 Å². The van der Waals surface area contributed by atoms with E-state index in [1.54, 1.807) is 45.0 Å². The fraction of sp³-hybridized carbons (Fsp3) is 0.286. The summed E-state index contributed by atoms with van der Waals surface area (Å²) >= 11 is 5.88. The van der Waals surface area contributed by atoms with E-state index in [9.17, 15) is 18.8 Å². The second kappa shape index (κ2) is 10.1. The highest BCUT2D eigenvalue weighted by Crippen LogP contribution is 2.19. The number of amides is 3. The number of alkyl carbamates (subject to hydrolysis) is 1. The summed E-state index contributed by atoms with van der Waals surface area (Å²) in [4.78, 5) is 35.6. The van der Waals surface area contributed by atoms with E-state index in [2.05, 4.69) is 16.0 Å². The maximum atomic E-state index is 13.8. The lowest BCUT2D eigenvalue weighted by Crippen LogP contribution is -2.37. The van der Waals surface area contributed by atoms with Crippen molar-refractivity contribution < 1.29 is 23.5 Å². The molecule has 0 bridgehead atoms. The molecule has 3 N–H and O–H groups in total. The molecule has 0 heterocycles. The summed E-state index contributed by atoms with van der Waals surface area (Å²) in [6.07, 6.45) is -0.682. The third kappa shape index (κ3) is 7.36. The van der Waals surface area contributed by atoms with Crippen LogP contribution < -0.4 is 16.0 Å². The molecule has 0 fully saturated rings. The number of hydrogen-bond donors (Lipinski definition) is 3. The zero-order valence-corrected chi connectivity index (χ0v) is 17.6. The highest BCUT2D eigenvalue weighted by atomic mass is 35.5. The number of ether oxygens (including phenoxy) is 1. The van der Waals surface area contributed by atoms with Gasteiger partial charge in [0.05, 0.1) is 10.6 Å². The first-order valence-corrected chi connectivity index (χ1v) is 9.51. The lowest BCUT2D eigenvalue weighted by atomic mass is 10.1. The third-order valence-electron chi connectivity index (χ3n) is 3.67. The van der Waals surface area contributed by atoms with Crippen LogP contribution in [0.1, 0.15) is 36.7 Å². The van der Waals surface area contributed by atoms with Gasteiger partial charge in [-0.25, -0.2) is 9.18 Å². The minimum atomic E-state index is -0.696. The van der Waals surface area contributed by atoms with E-state index in [0.29, 0.717) is 5.69 Å². The van der Waals surface area contributed by atoms with Gasteiger partial charge in [-0.2, -0.15) is 0 Å². The van der Waals surface area contributed by atoms with E-state index in [1.165, 1.54) is 12.1 Å². The molecule has 3 amide bonds. The second-order valence-corrected chi connectivity index (χ2v) is 7.79. The Labute approximate surface area is 178 Å². The van der Waals surface area contributed by atoms with Gasteiger partial charge in [-0.1, -0.05) is 29.8 Å². The standard InChI is InChI=1S/C21H23ClFN3O4/c1-21(2,3)30-20(29)25-12-17(27)26-14-9-7-13(8-10-14)11-24-19(28)18-15(22)5-4-6-16(18)23/h4-10H,11-12H2,1-3H3,(H,24,28)(H,25,29)(H,26,27). The van der Waals surface area contributed by atoms with Crippen molar-refractivity contribution in [3.63, 3.8) is 0 Å². The fourth-order valence-electron chi connectivity index (χ4n) is 2.36. The van der Waals surface area contributed by atoms with E-state index >= 15 is 0 Å². The number of carbonyl (C=O) groups is 3. The van der Waals surface area contributed by atoms with Gasteiger partial charge in [0, 0.05) is 12.2 Å². The molecule has 0 aliphatic carbocycles. The number of halogens is 2. The van der Waals surface area contributed by atoms with Crippen LogP contribution in [0.4, 0.5) is 14.9 Å². The molecule has 0 atom stereocenters. The molecule has 0 saturated heterocycles. The van der Waals surface area contributed by atoms with E-state index in [1.807, 2.05) is 0 Å². The van der Waals surface area contributed by atoms with E-state index in [4.69, 9.17) is 16.3 Å². The fourth-order valence-corrected chi connectivity index (χ4v) is 2.61. The molecular weight excluding hydrogens is 413 g/mol. The molecule has 2 rings (SSSR count). The Hall–Kier alpha value is -3.13. The molecule has 0 spiro atoms. The summed E-state index contributed by atoms with van der Waals surface area (Å²) < 4.78 is 18.8. The Morgan fingerprint density at radius 1 is 1.03 bits per heavy atom. The van der Waals surface area contributed by atoms with Gasteiger partial charge >= 0.3 is 6.09 Å². The van der Waals surface area contributed by atoms with Gasteiger partial charge in [0.25, 0.3) is 5.91 Å². The molecule has 0 radical (unpaired) electrons. The lowest BCUT2D eigenvalue weighted by Gasteiger charge is -2.19. The summed E-state index contributed by atoms with van der Waals surface area (Å²) in [5.74, 6) is -1.74. The molecule has 0 aliphatic rings. The molecule has 7 nitrogen and oxygen atoms in total. The Bertz CT molecular complexity index is 907. The van der Waals surface area contributed by atoms with Gasteiger partial charge in [0.1, 0.15) is 18.0 Å². The summed E-state index contributed by atoms with van der Waals surface area (Å²) in [6.45, 7) is 5.08. The van der Waals surface area contributed by atoms with Gasteiger partial charge < -0.3 is 20.7 Å². The first-order valence-electron chi connectivity index (χ1n) is 9.13. The number of nitrogens with one attached hydrogen (secondary N) is 3. The molecular formula is C21H23ClFN3O4. The van der Waals surface area contributed by atoms with Crippen LogP contribution in [0, 0.1) is 5.82 Å². The number of anilines is 1. The molecule has 2 aromatic rings. The smallest absolute Gasteiger partial charge is 0.408 e. The Morgan fingerprint density at radius 2 is 1.70 bits per heavy atom. The summed E-state index contributed by atoms with van der Waals surface area (Å²) in [5.41, 5.74) is 0.392. The summed E-state index contributed by atoms with van der Waals surface area (Å²) in [7, 11) is 0. The van der Waals surface area contributed by atoms with Gasteiger partial charge in [-0.3, -0.25) is 9.59 Å². The molecule has 160 valence electrons. The number of benzene rings is 2. The summed E-state index contributed by atoms with van der Waals surface area (Å²) in [5, 5.41) is 7.62. The van der Waals surface area contributed by atoms with Crippen LogP contribution in [-0.2, 0) is 16.1 Å². The van der Waals surface area contributed by atoms with Crippen LogP contribution in [0.5, 0.6) is 0 Å². The van der Waals surface area contributed by atoms with Crippen LogP contribution in [0.25, 0.3) is 0 Å². The normalized spacial score (nSPS) is 10.8. The van der Waals surface area contributed by atoms with Crippen LogP contribution in [0.15, 0.2) is 42.5 Å². The van der Waals surface area contributed by atoms with E-state index in [-0.39, 0.29) is 23.7 Å². The van der Waals surface area contributed by atoms with E-state index in [0.717, 1.165) is 11.6 Å². The highest BCUT2D eigenvalue weighted by molar-refractivity contribution is 6.33. The van der Waals surface area contributed by atoms with Crippen LogP contribution in [0.2, 0.25) is 5.02 Å². The van der Waals surface area contributed by atoms with Gasteiger partial charge in [0.2, 0.25) is 5.91 Å². The van der Waals surface area contributed by atoms with E-state index < -0.39 is 29.3 Å². The lowest BCUT2D eigenvalue weighted by molar-refractivity contribution is -0.115. The quantitative estimate of drug-likeness (QED) is 0.641. The van der Waals surface area contributed by atoms with Crippen molar-refractivity contribution in [2.24, 2.45) is 0 Å². The number of rotatable bonds is 6. The minimum Gasteiger partial charge on any atom is -0.444 e. The van der Waals surface area contributed by atoms with Crippen molar-refractivity contribution in [2.45, 2.75) is 32.9 Å². The molecule has 0 aromatic heterocycles. The largest absolute Gasteiger partial charge is 0.444 e. The van der Waals surface area contributed by atoms with Crippen molar-refractivity contribution in [1.29, 1.82) is 0 Å². The zero-order valence-electron chi connectivity index (χ0n) is 16.8. The van der Waals surface area contributed by atoms with Crippen molar-refractivity contribution in [1.82, 2.24) is 10.6 Å². The Balaban J connectivity index is 1.83. The number of carbonyl (C=O) groups excluding carboxylic acids is 3. The topological polar surface area (TPSA) is 96.5 Å². The first kappa shape index (κ1) is 23.2. The number of hydrogen-bond acceptors (Lipinski definition) is 4. The maximum absolute atomic E-state index is 13.8. The molecule has 9 heteroatoms. The Kier molecular flexibility index (Phi) is 7.77. The van der Waals surface area contributed by atoms with Gasteiger partial charge in [-0.05, 0) is 50.6 Å². The average Bonchev–Trinajstić information content (AvgIpc) is 2.64. The molecule has 0 saturated carbocycles. The highest BCUT2D eigenvalue weighted by Gasteiger charge is 2.17. The predicted octanol–water partition coefficient (Wildman–Crippen LogP) is 3.87. The predicted molar refractivity (Wildman–Crippen MR) is 112 cm³/mol. The molecule has 2 aromatic carbocycles. The Morgan fingerprint density at radius 3 is 2.30 bits per heavy atom. The van der Waals surface area contributed by atoms with Crippen LogP contribution >= 0.6 is 11.6 Å². The molecule has 0 unspecified atom stereocenters. The van der Waals surface area contributed by atoms with Crippen molar-refractivity contribution >= 4 is 35.2 Å². The zero-order chi connectivity index (χ0) is 22.3. The second-order valence-electron chi connectivity index (χ2n) is 7.38. The monoisotopic (exact) mass is 435 g/mol. The van der Waals surface area contributed by atoms with Crippen LogP contribution in [-0.4, -0.2) is 30.1 Å². The molecule has 30 heavy (non-hydrogen) atoms. The minimum absolute atomic E-state index is 0.0329. The van der Waals surface area contributed by atoms with Gasteiger partial charge in [0.15, 0.2) is 0 Å². The summed E-state index contributed by atoms with van der Waals surface area (Å²) in [6, 6.07) is 10.7. The van der Waals surface area contributed by atoms with Crippen molar-refractivity contribution in [3.05, 3.63) is 64.4 Å². The average molecular weight is 436 g/mol. The van der Waals surface area contributed by atoms with Crippen molar-refractivity contribution in [2.75, 3.05) is 11.9 Å². The van der Waals surface area contributed by atoms with Gasteiger partial charge in [-0.15, -0.1) is 0 Å². The third-order valence-corrected chi connectivity index (χ3v) is 3.99.